The number of allylic oxidation sites excluding steroid dienone is 4. The molecule has 0 heterocycles. The predicted molar refractivity (Wildman–Crippen MR) is 378 cm³/mol. The monoisotopic (exact) mass is 1360 g/mol. The van der Waals surface area contributed by atoms with Gasteiger partial charge in [-0.05, 0) is 113 Å². The predicted octanol–water partition coefficient (Wildman–Crippen LogP) is 20.9. The molecule has 0 atom stereocenters. The van der Waals surface area contributed by atoms with Crippen LogP contribution < -0.4 is 0 Å². The molecular formula is C76H122CaO14S2. The number of hydrogen-bond acceptors (Lipinski definition) is 14. The van der Waals surface area contributed by atoms with Crippen molar-refractivity contribution in [2.45, 2.75) is 318 Å². The van der Waals surface area contributed by atoms with Crippen molar-refractivity contribution in [2.75, 3.05) is 26.4 Å². The van der Waals surface area contributed by atoms with E-state index in [2.05, 4.69) is 26.3 Å². The zero-order chi connectivity index (χ0) is 67.4. The summed E-state index contributed by atoms with van der Waals surface area (Å²) in [5.74, 6) is -3.12. The largest absolute Gasteiger partial charge is 2.00 e. The van der Waals surface area contributed by atoms with E-state index in [0.717, 1.165) is 139 Å². The Kier molecular flexibility index (Phi) is 59.5. The van der Waals surface area contributed by atoms with Crippen LogP contribution in [-0.2, 0) is 39.2 Å². The van der Waals surface area contributed by atoms with Gasteiger partial charge in [-0.3, -0.25) is 0 Å². The fraction of sp³-hybridized carbons (Fsp3) is 0.684. The zero-order valence-electron chi connectivity index (χ0n) is 57.6. The quantitative estimate of drug-likeness (QED) is 0.0150. The second kappa shape index (κ2) is 61.9. The molecule has 17 heteroatoms. The summed E-state index contributed by atoms with van der Waals surface area (Å²) in [5.41, 5.74) is -0.704. The molecule has 14 nitrogen and oxygen atoms in total. The van der Waals surface area contributed by atoms with E-state index in [4.69, 9.17) is 18.9 Å². The molecule has 0 N–H and O–H groups in total. The van der Waals surface area contributed by atoms with E-state index in [-0.39, 0.29) is 86.4 Å². The van der Waals surface area contributed by atoms with Crippen LogP contribution in [0.3, 0.4) is 0 Å². The second-order valence-electron chi connectivity index (χ2n) is 24.7. The van der Waals surface area contributed by atoms with Crippen molar-refractivity contribution in [3.63, 3.8) is 0 Å². The van der Waals surface area contributed by atoms with Gasteiger partial charge in [-0.25, -0.2) is 36.0 Å². The smallest absolute Gasteiger partial charge is 0.744 e. The van der Waals surface area contributed by atoms with Crippen LogP contribution in [0.25, 0.3) is 0 Å². The van der Waals surface area contributed by atoms with Crippen LogP contribution in [-0.4, -0.2) is 114 Å². The Labute approximate surface area is 595 Å². The number of ether oxygens (including phenoxy) is 4. The van der Waals surface area contributed by atoms with E-state index in [1.165, 1.54) is 180 Å². The molecule has 93 heavy (non-hydrogen) atoms. The summed E-state index contributed by atoms with van der Waals surface area (Å²) in [6.45, 7) is 15.7. The summed E-state index contributed by atoms with van der Waals surface area (Å²) in [4.78, 5) is 50.1. The van der Waals surface area contributed by atoms with Gasteiger partial charge in [0.2, 0.25) is 0 Å². The first-order valence-corrected chi connectivity index (χ1v) is 38.8. The Morgan fingerprint density at radius 1 is 0.280 bits per heavy atom. The number of benzene rings is 2. The van der Waals surface area contributed by atoms with Crippen molar-refractivity contribution >= 4 is 81.9 Å². The van der Waals surface area contributed by atoms with Gasteiger partial charge in [0.15, 0.2) is 0 Å². The molecular weight excluding hydrogens is 1240 g/mol. The summed E-state index contributed by atoms with van der Waals surface area (Å²) >= 11 is 0. The summed E-state index contributed by atoms with van der Waals surface area (Å²) in [5, 5.41) is 0. The van der Waals surface area contributed by atoms with Gasteiger partial charge in [0.1, 0.15) is 20.2 Å². The Morgan fingerprint density at radius 2 is 0.441 bits per heavy atom. The summed E-state index contributed by atoms with van der Waals surface area (Å²) < 4.78 is 90.9. The maximum absolute atomic E-state index is 12.8. The van der Waals surface area contributed by atoms with Gasteiger partial charge in [-0.2, -0.15) is 0 Å². The van der Waals surface area contributed by atoms with Gasteiger partial charge in [0.05, 0.1) is 58.5 Å². The molecule has 2 aromatic carbocycles. The summed E-state index contributed by atoms with van der Waals surface area (Å²) in [6, 6.07) is 6.21. The molecule has 0 spiro atoms. The van der Waals surface area contributed by atoms with Crippen LogP contribution in [0, 0.1) is 0 Å². The van der Waals surface area contributed by atoms with Gasteiger partial charge in [0.25, 0.3) is 0 Å². The molecule has 0 saturated carbocycles. The fourth-order valence-corrected chi connectivity index (χ4v) is 11.9. The molecule has 0 amide bonds. The fourth-order valence-electron chi connectivity index (χ4n) is 10.9. The third-order valence-corrected chi connectivity index (χ3v) is 18.2. The van der Waals surface area contributed by atoms with Crippen molar-refractivity contribution in [3.05, 3.63) is 109 Å². The summed E-state index contributed by atoms with van der Waals surface area (Å²) in [6.07, 6.45) is 63.0. The number of carbonyl (C=O) groups is 4. The van der Waals surface area contributed by atoms with Crippen molar-refractivity contribution in [3.8, 4) is 0 Å². The van der Waals surface area contributed by atoms with Crippen LogP contribution in [0.5, 0.6) is 0 Å². The molecule has 0 fully saturated rings. The van der Waals surface area contributed by atoms with Crippen LogP contribution in [0.4, 0.5) is 0 Å². The number of hydrogen-bond donors (Lipinski definition) is 0. The molecule has 0 radical (unpaired) electrons. The van der Waals surface area contributed by atoms with Crippen molar-refractivity contribution in [1.82, 2.24) is 0 Å². The minimum atomic E-state index is -4.81. The zero-order valence-corrected chi connectivity index (χ0v) is 61.5. The first-order valence-electron chi connectivity index (χ1n) is 35.9. The molecule has 0 unspecified atom stereocenters. The Balaban J connectivity index is 0.00000180. The van der Waals surface area contributed by atoms with Gasteiger partial charge in [0, 0.05) is 0 Å². The Hall–Kier alpha value is -3.64. The van der Waals surface area contributed by atoms with E-state index >= 15 is 0 Å². The SMILES string of the molecule is C=CCCCCCCCCCCCCCOC(=O)c1ccc(S(=O)(=O)[O-])cc1C(=O)OCCCCCCCCCCCCCC=C.C=CCCCCCCCCCCCCCOC(=O)c1ccc(S(=O)(=O)[O-])cc1C(=O)OCCCCCCCCCCCCCC=C.[Ca+2]. The molecule has 0 saturated heterocycles. The van der Waals surface area contributed by atoms with Crippen LogP contribution in [0.15, 0.2) is 96.8 Å². The third-order valence-electron chi connectivity index (χ3n) is 16.6. The third kappa shape index (κ3) is 50.4. The molecule has 0 bridgehead atoms. The van der Waals surface area contributed by atoms with Crippen LogP contribution in [0.2, 0.25) is 0 Å². The minimum Gasteiger partial charge on any atom is -0.744 e. The topological polar surface area (TPSA) is 220 Å². The van der Waals surface area contributed by atoms with Crippen molar-refractivity contribution in [1.29, 1.82) is 0 Å². The second-order valence-corrected chi connectivity index (χ2v) is 27.5. The summed E-state index contributed by atoms with van der Waals surface area (Å²) in [7, 11) is -9.62. The van der Waals surface area contributed by atoms with Gasteiger partial charge < -0.3 is 28.1 Å². The first-order chi connectivity index (χ1) is 44.6. The van der Waals surface area contributed by atoms with E-state index < -0.39 is 53.9 Å². The Bertz CT molecular complexity index is 2340. The van der Waals surface area contributed by atoms with Gasteiger partial charge >= 0.3 is 61.6 Å². The van der Waals surface area contributed by atoms with Gasteiger partial charge in [-0.1, -0.05) is 255 Å². The van der Waals surface area contributed by atoms with Crippen molar-refractivity contribution < 1.29 is 64.1 Å². The molecule has 2 aromatic rings. The average Bonchev–Trinajstić information content (AvgIpc) is 0.860. The molecule has 0 aliphatic heterocycles. The van der Waals surface area contributed by atoms with Gasteiger partial charge in [-0.15, -0.1) is 26.3 Å². The standard InChI is InChI=1S/2C38H62O7S.Ca/c2*1-3-5-7-9-11-13-15-17-19-21-23-25-27-31-44-37(39)35-30-29-34(46(41,42)43)33-36(35)38(40)45-32-28-26-24-22-20-18-16-14-12-10-8-6-4-2;/h2*3-4,29-30,33H,1-2,5-28,31-32H2,(H,41,42,43);/q;;+2/p-2. The number of unbranched alkanes of at least 4 members (excludes halogenated alkanes) is 44. The van der Waals surface area contributed by atoms with E-state index in [1.54, 1.807) is 0 Å². The molecule has 0 aliphatic carbocycles. The van der Waals surface area contributed by atoms with Crippen molar-refractivity contribution in [2.24, 2.45) is 0 Å². The molecule has 524 valence electrons. The average molecular weight is 1360 g/mol. The minimum absolute atomic E-state index is 0. The van der Waals surface area contributed by atoms with E-state index in [9.17, 15) is 45.1 Å². The molecule has 0 aromatic heterocycles. The number of carbonyl (C=O) groups excluding carboxylic acids is 4. The normalized spacial score (nSPS) is 11.2. The van der Waals surface area contributed by atoms with Crippen LogP contribution >= 0.6 is 0 Å². The Morgan fingerprint density at radius 3 is 0.613 bits per heavy atom. The molecule has 2 rings (SSSR count). The molecule has 0 aliphatic rings. The van der Waals surface area contributed by atoms with E-state index in [0.29, 0.717) is 25.7 Å². The van der Waals surface area contributed by atoms with Crippen LogP contribution in [0.1, 0.15) is 350 Å². The van der Waals surface area contributed by atoms with E-state index in [1.807, 2.05) is 24.3 Å². The first kappa shape index (κ1) is 89.4. The number of esters is 4. The maximum atomic E-state index is 12.8. The maximum Gasteiger partial charge on any atom is 2.00 e. The number of rotatable bonds is 62.